The van der Waals surface area contributed by atoms with Gasteiger partial charge in [-0.25, -0.2) is 0 Å². The Morgan fingerprint density at radius 3 is 2.67 bits per heavy atom. The molecule has 0 spiro atoms. The number of aliphatic hydroxyl groups excluding tert-OH is 1. The van der Waals surface area contributed by atoms with Crippen molar-refractivity contribution < 1.29 is 19.4 Å². The van der Waals surface area contributed by atoms with Crippen LogP contribution in [0.4, 0.5) is 0 Å². The van der Waals surface area contributed by atoms with E-state index in [0.29, 0.717) is 12.4 Å². The van der Waals surface area contributed by atoms with Gasteiger partial charge >= 0.3 is 5.97 Å². The van der Waals surface area contributed by atoms with Crippen LogP contribution in [0.3, 0.4) is 0 Å². The van der Waals surface area contributed by atoms with E-state index in [4.69, 9.17) is 14.6 Å². The highest BCUT2D eigenvalue weighted by atomic mass is 16.5. The van der Waals surface area contributed by atoms with Crippen LogP contribution in [-0.4, -0.2) is 30.9 Å². The fourth-order valence-electron chi connectivity index (χ4n) is 1.35. The summed E-state index contributed by atoms with van der Waals surface area (Å²) in [5, 5.41) is 8.61. The molecule has 0 amide bonds. The van der Waals surface area contributed by atoms with Gasteiger partial charge in [-0.2, -0.15) is 0 Å². The minimum Gasteiger partial charge on any atom is -0.491 e. The molecular weight excluding hydrogens is 232 g/mol. The number of aliphatic hydroxyl groups is 1. The van der Waals surface area contributed by atoms with Crippen molar-refractivity contribution in [2.75, 3.05) is 19.8 Å². The minimum atomic E-state index is -0.225. The van der Waals surface area contributed by atoms with Crippen LogP contribution in [0.25, 0.3) is 6.08 Å². The van der Waals surface area contributed by atoms with Gasteiger partial charge < -0.3 is 14.6 Å². The van der Waals surface area contributed by atoms with E-state index in [0.717, 1.165) is 5.56 Å². The number of hydrogen-bond donors (Lipinski definition) is 1. The number of hydrogen-bond acceptors (Lipinski definition) is 4. The first-order valence-corrected chi connectivity index (χ1v) is 5.92. The first-order chi connectivity index (χ1) is 8.76. The molecule has 0 atom stereocenters. The highest BCUT2D eigenvalue weighted by molar-refractivity contribution is 5.72. The molecule has 0 fully saturated rings. The van der Waals surface area contributed by atoms with Gasteiger partial charge in [-0.15, -0.1) is 0 Å². The molecule has 0 radical (unpaired) electrons. The molecule has 1 aromatic carbocycles. The summed E-state index contributed by atoms with van der Waals surface area (Å²) in [5.41, 5.74) is 0.982. The van der Waals surface area contributed by atoms with Crippen molar-refractivity contribution in [2.24, 2.45) is 0 Å². The predicted octanol–water partition coefficient (Wildman–Crippen LogP) is 2.02. The Labute approximate surface area is 107 Å². The van der Waals surface area contributed by atoms with Crippen molar-refractivity contribution >= 4 is 12.0 Å². The molecule has 0 saturated heterocycles. The van der Waals surface area contributed by atoms with E-state index in [2.05, 4.69) is 0 Å². The van der Waals surface area contributed by atoms with Crippen LogP contribution >= 0.6 is 0 Å². The Morgan fingerprint density at radius 2 is 2.06 bits per heavy atom. The van der Waals surface area contributed by atoms with Gasteiger partial charge in [0.1, 0.15) is 12.4 Å². The highest BCUT2D eigenvalue weighted by Gasteiger charge is 1.97. The van der Waals surface area contributed by atoms with Gasteiger partial charge in [-0.05, 0) is 24.6 Å². The average molecular weight is 250 g/mol. The molecule has 1 aromatic rings. The van der Waals surface area contributed by atoms with Crippen molar-refractivity contribution in [1.82, 2.24) is 0 Å². The van der Waals surface area contributed by atoms with Crippen LogP contribution in [0.2, 0.25) is 0 Å². The van der Waals surface area contributed by atoms with E-state index in [1.165, 1.54) is 0 Å². The van der Waals surface area contributed by atoms with E-state index >= 15 is 0 Å². The number of carbonyl (C=O) groups is 1. The molecule has 4 nitrogen and oxygen atoms in total. The Morgan fingerprint density at radius 1 is 1.33 bits per heavy atom. The summed E-state index contributed by atoms with van der Waals surface area (Å²) in [6.07, 6.45) is 3.89. The van der Waals surface area contributed by atoms with Crippen molar-refractivity contribution in [2.45, 2.75) is 13.3 Å². The molecule has 1 N–H and O–H groups in total. The lowest BCUT2D eigenvalue weighted by Gasteiger charge is -2.03. The quantitative estimate of drug-likeness (QED) is 0.752. The van der Waals surface area contributed by atoms with Crippen LogP contribution in [0.15, 0.2) is 30.3 Å². The molecular formula is C14H18O4. The summed E-state index contributed by atoms with van der Waals surface area (Å²) in [7, 11) is 0. The predicted molar refractivity (Wildman–Crippen MR) is 69.3 cm³/mol. The smallest absolute Gasteiger partial charge is 0.309 e. The first-order valence-electron chi connectivity index (χ1n) is 5.92. The topological polar surface area (TPSA) is 55.8 Å². The lowest BCUT2D eigenvalue weighted by Crippen LogP contribution is -2.01. The lowest BCUT2D eigenvalue weighted by atomic mass is 10.2. The summed E-state index contributed by atoms with van der Waals surface area (Å²) in [5.74, 6) is 0.489. The van der Waals surface area contributed by atoms with E-state index in [9.17, 15) is 4.79 Å². The van der Waals surface area contributed by atoms with Crippen LogP contribution in [0.1, 0.15) is 18.9 Å². The van der Waals surface area contributed by atoms with Crippen molar-refractivity contribution in [3.63, 3.8) is 0 Å². The third-order valence-corrected chi connectivity index (χ3v) is 2.14. The number of esters is 1. The van der Waals surface area contributed by atoms with Crippen molar-refractivity contribution in [1.29, 1.82) is 0 Å². The number of carbonyl (C=O) groups excluding carboxylic acids is 1. The van der Waals surface area contributed by atoms with Gasteiger partial charge in [-0.3, -0.25) is 4.79 Å². The summed E-state index contributed by atoms with van der Waals surface area (Å²) >= 11 is 0. The van der Waals surface area contributed by atoms with Gasteiger partial charge in [0, 0.05) is 0 Å². The number of ether oxygens (including phenoxy) is 2. The van der Waals surface area contributed by atoms with E-state index in [1.54, 1.807) is 13.0 Å². The lowest BCUT2D eigenvalue weighted by molar-refractivity contribution is -0.142. The third kappa shape index (κ3) is 5.50. The Bertz CT molecular complexity index is 381. The molecule has 0 heterocycles. The maximum absolute atomic E-state index is 11.1. The second-order valence-electron chi connectivity index (χ2n) is 3.55. The Kier molecular flexibility index (Phi) is 6.58. The van der Waals surface area contributed by atoms with Gasteiger partial charge in [0.25, 0.3) is 0 Å². The molecule has 0 saturated carbocycles. The molecule has 0 aliphatic heterocycles. The third-order valence-electron chi connectivity index (χ3n) is 2.14. The molecule has 0 bridgehead atoms. The fraction of sp³-hybridized carbons (Fsp3) is 0.357. The zero-order valence-corrected chi connectivity index (χ0v) is 10.5. The zero-order valence-electron chi connectivity index (χ0n) is 10.5. The number of rotatable bonds is 7. The average Bonchev–Trinajstić information content (AvgIpc) is 2.38. The van der Waals surface area contributed by atoms with Crippen LogP contribution in [0.5, 0.6) is 5.75 Å². The molecule has 0 unspecified atom stereocenters. The van der Waals surface area contributed by atoms with Gasteiger partial charge in [0.05, 0.1) is 19.6 Å². The van der Waals surface area contributed by atoms with Crippen LogP contribution in [0, 0.1) is 0 Å². The van der Waals surface area contributed by atoms with E-state index in [-0.39, 0.29) is 25.6 Å². The summed E-state index contributed by atoms with van der Waals surface area (Å²) in [6.45, 7) is 2.48. The van der Waals surface area contributed by atoms with Crippen molar-refractivity contribution in [3.05, 3.63) is 35.9 Å². The Hall–Kier alpha value is -1.81. The largest absolute Gasteiger partial charge is 0.491 e. The molecule has 98 valence electrons. The van der Waals surface area contributed by atoms with Crippen LogP contribution in [-0.2, 0) is 9.53 Å². The second-order valence-corrected chi connectivity index (χ2v) is 3.55. The van der Waals surface area contributed by atoms with Gasteiger partial charge in [0.2, 0.25) is 0 Å². The highest BCUT2D eigenvalue weighted by Crippen LogP contribution is 2.13. The second kappa shape index (κ2) is 8.31. The van der Waals surface area contributed by atoms with Crippen LogP contribution < -0.4 is 4.74 Å². The van der Waals surface area contributed by atoms with E-state index in [1.807, 2.05) is 30.3 Å². The summed E-state index contributed by atoms with van der Waals surface area (Å²) < 4.78 is 10.0. The number of benzene rings is 1. The first kappa shape index (κ1) is 14.3. The molecule has 1 rings (SSSR count). The van der Waals surface area contributed by atoms with Crippen molar-refractivity contribution in [3.8, 4) is 5.75 Å². The summed E-state index contributed by atoms with van der Waals surface area (Å²) in [4.78, 5) is 11.1. The maximum Gasteiger partial charge on any atom is 0.309 e. The monoisotopic (exact) mass is 250 g/mol. The van der Waals surface area contributed by atoms with Gasteiger partial charge in [0.15, 0.2) is 0 Å². The molecule has 4 heteroatoms. The molecule has 0 aliphatic carbocycles. The minimum absolute atomic E-state index is 0.00118. The maximum atomic E-state index is 11.1. The fourth-order valence-corrected chi connectivity index (χ4v) is 1.35. The standard InChI is InChI=1S/C14H18O4/c1-2-17-14(16)5-3-4-12-6-8-13(9-7-12)18-11-10-15/h3-4,6-9,15H,2,5,10-11H2,1H3. The molecule has 18 heavy (non-hydrogen) atoms. The SMILES string of the molecule is CCOC(=O)CC=Cc1ccc(OCCO)cc1. The van der Waals surface area contributed by atoms with E-state index < -0.39 is 0 Å². The summed E-state index contributed by atoms with van der Waals surface area (Å²) in [6, 6.07) is 7.40. The normalized spacial score (nSPS) is 10.6. The van der Waals surface area contributed by atoms with Gasteiger partial charge in [-0.1, -0.05) is 24.3 Å². The zero-order chi connectivity index (χ0) is 13.2. The molecule has 0 aliphatic rings. The Balaban J connectivity index is 2.43. The molecule has 0 aromatic heterocycles.